The molecule has 0 bridgehead atoms. The van der Waals surface area contributed by atoms with Gasteiger partial charge in [-0.15, -0.1) is 0 Å². The van der Waals surface area contributed by atoms with E-state index in [4.69, 9.17) is 0 Å². The van der Waals surface area contributed by atoms with Crippen LogP contribution in [0.25, 0.3) is 0 Å². The van der Waals surface area contributed by atoms with Crippen LogP contribution in [-0.2, 0) is 10.0 Å². The Morgan fingerprint density at radius 2 is 1.63 bits per heavy atom. The molecular weight excluding hydrogens is 260 g/mol. The molecule has 0 spiro atoms. The van der Waals surface area contributed by atoms with E-state index in [-0.39, 0.29) is 0 Å². The zero-order chi connectivity index (χ0) is 13.9. The minimum Gasteiger partial charge on any atom is -0.372 e. The van der Waals surface area contributed by atoms with Crippen molar-refractivity contribution in [2.45, 2.75) is 38.4 Å². The number of piperidine rings is 1. The summed E-state index contributed by atoms with van der Waals surface area (Å²) in [5.41, 5.74) is 1.81. The topological polar surface area (TPSA) is 49.4 Å². The first kappa shape index (κ1) is 14.2. The molecule has 106 valence electrons. The van der Waals surface area contributed by atoms with Gasteiger partial charge < -0.3 is 4.90 Å². The number of hydrogen-bond acceptors (Lipinski definition) is 3. The number of benzene rings is 1. The summed E-state index contributed by atoms with van der Waals surface area (Å²) >= 11 is 0. The molecule has 1 aliphatic heterocycles. The van der Waals surface area contributed by atoms with Crippen LogP contribution in [0.15, 0.2) is 24.3 Å². The molecule has 1 aromatic carbocycles. The maximum Gasteiger partial charge on any atom is 0.235 e. The van der Waals surface area contributed by atoms with Gasteiger partial charge in [-0.3, -0.25) is 4.72 Å². The third-order valence-corrected chi connectivity index (χ3v) is 5.23. The van der Waals surface area contributed by atoms with Crippen molar-refractivity contribution in [3.05, 3.63) is 24.3 Å². The highest BCUT2D eigenvalue weighted by molar-refractivity contribution is 7.93. The fraction of sp³-hybridized carbons (Fsp3) is 0.571. The minimum absolute atomic E-state index is 0.422. The molecule has 4 nitrogen and oxygen atoms in total. The lowest BCUT2D eigenvalue weighted by molar-refractivity contribution is 0.578. The Balaban J connectivity index is 2.06. The van der Waals surface area contributed by atoms with Crippen molar-refractivity contribution >= 4 is 21.4 Å². The standard InChI is InChI=1S/C14H22N2O2S/c1-12(2)19(17,18)15-13-6-8-14(9-7-13)16-10-4-3-5-11-16/h6-9,12,15H,3-5,10-11H2,1-2H3. The zero-order valence-electron chi connectivity index (χ0n) is 11.6. The normalized spacial score (nSPS) is 16.7. The second-order valence-corrected chi connectivity index (χ2v) is 7.53. The summed E-state index contributed by atoms with van der Waals surface area (Å²) in [5.74, 6) is 0. The van der Waals surface area contributed by atoms with E-state index >= 15 is 0 Å². The molecule has 0 atom stereocenters. The van der Waals surface area contributed by atoms with E-state index in [9.17, 15) is 8.42 Å². The van der Waals surface area contributed by atoms with E-state index in [1.54, 1.807) is 13.8 Å². The molecule has 0 unspecified atom stereocenters. The van der Waals surface area contributed by atoms with Gasteiger partial charge in [0, 0.05) is 24.5 Å². The van der Waals surface area contributed by atoms with Gasteiger partial charge in [0.2, 0.25) is 10.0 Å². The summed E-state index contributed by atoms with van der Waals surface area (Å²) in [4.78, 5) is 2.35. The second kappa shape index (κ2) is 5.82. The van der Waals surface area contributed by atoms with Gasteiger partial charge in [-0.25, -0.2) is 8.42 Å². The molecule has 1 saturated heterocycles. The van der Waals surface area contributed by atoms with Crippen molar-refractivity contribution in [2.75, 3.05) is 22.7 Å². The molecule has 5 heteroatoms. The van der Waals surface area contributed by atoms with Gasteiger partial charge >= 0.3 is 0 Å². The van der Waals surface area contributed by atoms with Crippen molar-refractivity contribution in [1.82, 2.24) is 0 Å². The van der Waals surface area contributed by atoms with E-state index in [0.29, 0.717) is 5.69 Å². The molecule has 1 fully saturated rings. The third kappa shape index (κ3) is 3.62. The minimum atomic E-state index is -3.25. The molecule has 1 aliphatic rings. The number of nitrogens with one attached hydrogen (secondary N) is 1. The second-order valence-electron chi connectivity index (χ2n) is 5.29. The summed E-state index contributed by atoms with van der Waals surface area (Å²) in [7, 11) is -3.25. The van der Waals surface area contributed by atoms with Crippen molar-refractivity contribution < 1.29 is 8.42 Å². The average molecular weight is 282 g/mol. The van der Waals surface area contributed by atoms with Crippen LogP contribution in [0.1, 0.15) is 33.1 Å². The van der Waals surface area contributed by atoms with Crippen LogP contribution in [0, 0.1) is 0 Å². The fourth-order valence-electron chi connectivity index (χ4n) is 2.17. The van der Waals surface area contributed by atoms with E-state index in [0.717, 1.165) is 13.1 Å². The third-order valence-electron chi connectivity index (χ3n) is 3.47. The molecule has 0 aromatic heterocycles. The maximum atomic E-state index is 11.8. The largest absolute Gasteiger partial charge is 0.372 e. The first-order valence-corrected chi connectivity index (χ1v) is 8.40. The lowest BCUT2D eigenvalue weighted by Gasteiger charge is -2.28. The van der Waals surface area contributed by atoms with Crippen LogP contribution in [0.5, 0.6) is 0 Å². The Labute approximate surface area is 115 Å². The molecule has 19 heavy (non-hydrogen) atoms. The highest BCUT2D eigenvalue weighted by atomic mass is 32.2. The molecule has 1 aromatic rings. The predicted octanol–water partition coefficient (Wildman–Crippen LogP) is 2.83. The van der Waals surface area contributed by atoms with Gasteiger partial charge in [0.05, 0.1) is 5.25 Å². The van der Waals surface area contributed by atoms with E-state index in [1.807, 2.05) is 24.3 Å². The van der Waals surface area contributed by atoms with Crippen LogP contribution in [-0.4, -0.2) is 26.8 Å². The zero-order valence-corrected chi connectivity index (χ0v) is 12.4. The van der Waals surface area contributed by atoms with Gasteiger partial charge in [-0.2, -0.15) is 0 Å². The van der Waals surface area contributed by atoms with Crippen molar-refractivity contribution in [3.63, 3.8) is 0 Å². The van der Waals surface area contributed by atoms with E-state index in [1.165, 1.54) is 24.9 Å². The summed E-state index contributed by atoms with van der Waals surface area (Å²) in [6.45, 7) is 5.53. The first-order valence-electron chi connectivity index (χ1n) is 6.86. The number of sulfonamides is 1. The van der Waals surface area contributed by atoms with Crippen LogP contribution in [0.2, 0.25) is 0 Å². The first-order chi connectivity index (χ1) is 8.99. The summed E-state index contributed by atoms with van der Waals surface area (Å²) < 4.78 is 26.1. The van der Waals surface area contributed by atoms with Gasteiger partial charge in [0.1, 0.15) is 0 Å². The van der Waals surface area contributed by atoms with Crippen LogP contribution < -0.4 is 9.62 Å². The Morgan fingerprint density at radius 1 is 1.05 bits per heavy atom. The molecular formula is C14H22N2O2S. The molecule has 2 rings (SSSR count). The fourth-order valence-corrected chi connectivity index (χ4v) is 2.87. The number of anilines is 2. The highest BCUT2D eigenvalue weighted by Crippen LogP contribution is 2.22. The van der Waals surface area contributed by atoms with Gasteiger partial charge in [0.15, 0.2) is 0 Å². The highest BCUT2D eigenvalue weighted by Gasteiger charge is 2.16. The molecule has 1 N–H and O–H groups in total. The Morgan fingerprint density at radius 3 is 2.16 bits per heavy atom. The lowest BCUT2D eigenvalue weighted by Crippen LogP contribution is -2.29. The average Bonchev–Trinajstić information content (AvgIpc) is 2.40. The lowest BCUT2D eigenvalue weighted by atomic mass is 10.1. The van der Waals surface area contributed by atoms with Crippen LogP contribution >= 0.6 is 0 Å². The molecule has 0 saturated carbocycles. The van der Waals surface area contributed by atoms with Gasteiger partial charge in [0.25, 0.3) is 0 Å². The van der Waals surface area contributed by atoms with Gasteiger partial charge in [-0.05, 0) is 57.4 Å². The monoisotopic (exact) mass is 282 g/mol. The quantitative estimate of drug-likeness (QED) is 0.924. The van der Waals surface area contributed by atoms with Crippen molar-refractivity contribution in [3.8, 4) is 0 Å². The summed E-state index contributed by atoms with van der Waals surface area (Å²) in [6.07, 6.45) is 3.78. The Hall–Kier alpha value is -1.23. The summed E-state index contributed by atoms with van der Waals surface area (Å²) in [5, 5.41) is -0.422. The van der Waals surface area contributed by atoms with Crippen molar-refractivity contribution in [1.29, 1.82) is 0 Å². The number of hydrogen-bond donors (Lipinski definition) is 1. The molecule has 0 amide bonds. The van der Waals surface area contributed by atoms with Crippen LogP contribution in [0.3, 0.4) is 0 Å². The van der Waals surface area contributed by atoms with Gasteiger partial charge in [-0.1, -0.05) is 0 Å². The van der Waals surface area contributed by atoms with Crippen molar-refractivity contribution in [2.24, 2.45) is 0 Å². The molecule has 0 radical (unpaired) electrons. The van der Waals surface area contributed by atoms with E-state index in [2.05, 4.69) is 9.62 Å². The van der Waals surface area contributed by atoms with Crippen LogP contribution in [0.4, 0.5) is 11.4 Å². The SMILES string of the molecule is CC(C)S(=O)(=O)Nc1ccc(N2CCCCC2)cc1. The maximum absolute atomic E-state index is 11.8. The predicted molar refractivity (Wildman–Crippen MR) is 80.2 cm³/mol. The molecule has 1 heterocycles. The smallest absolute Gasteiger partial charge is 0.235 e. The Bertz CT molecular complexity index is 503. The van der Waals surface area contributed by atoms with E-state index < -0.39 is 15.3 Å². The number of nitrogens with zero attached hydrogens (tertiary/aromatic N) is 1. The Kier molecular flexibility index (Phi) is 4.34. The summed E-state index contributed by atoms with van der Waals surface area (Å²) in [6, 6.07) is 7.65. The number of rotatable bonds is 4. The molecule has 0 aliphatic carbocycles.